The van der Waals surface area contributed by atoms with Crippen molar-refractivity contribution in [2.24, 2.45) is 0 Å². The minimum absolute atomic E-state index is 0.636. The van der Waals surface area contributed by atoms with Gasteiger partial charge < -0.3 is 10.1 Å². The molecule has 2 aromatic heterocycles. The van der Waals surface area contributed by atoms with Gasteiger partial charge in [0, 0.05) is 30.5 Å². The quantitative estimate of drug-likeness (QED) is 0.740. The molecule has 1 N–H and O–H groups in total. The molecule has 0 spiro atoms. The third kappa shape index (κ3) is 4.18. The third-order valence-electron chi connectivity index (χ3n) is 3.72. The monoisotopic (exact) mass is 319 g/mol. The van der Waals surface area contributed by atoms with Gasteiger partial charge in [-0.15, -0.1) is 0 Å². The van der Waals surface area contributed by atoms with Crippen molar-refractivity contribution in [3.63, 3.8) is 0 Å². The number of hydrogen-bond acceptors (Lipinski definition) is 4. The van der Waals surface area contributed by atoms with Crippen molar-refractivity contribution in [1.82, 2.24) is 15.3 Å². The van der Waals surface area contributed by atoms with Crippen LogP contribution in [-0.2, 0) is 13.1 Å². The van der Waals surface area contributed by atoms with Gasteiger partial charge in [0.05, 0.1) is 5.69 Å². The van der Waals surface area contributed by atoms with Crippen LogP contribution in [-0.4, -0.2) is 9.97 Å². The number of rotatable bonds is 6. The Morgan fingerprint density at radius 3 is 2.62 bits per heavy atom. The predicted molar refractivity (Wildman–Crippen MR) is 95.0 cm³/mol. The molecule has 0 radical (unpaired) electrons. The van der Waals surface area contributed by atoms with E-state index in [0.717, 1.165) is 28.3 Å². The lowest BCUT2D eigenvalue weighted by atomic mass is 10.2. The topological polar surface area (TPSA) is 47.0 Å². The minimum Gasteiger partial charge on any atom is -0.438 e. The zero-order valence-corrected chi connectivity index (χ0v) is 14.0. The van der Waals surface area contributed by atoms with Crippen LogP contribution in [0.25, 0.3) is 0 Å². The molecular formula is C20H21N3O. The summed E-state index contributed by atoms with van der Waals surface area (Å²) in [4.78, 5) is 8.87. The molecule has 122 valence electrons. The average Bonchev–Trinajstić information content (AvgIpc) is 2.58. The second-order valence-electron chi connectivity index (χ2n) is 5.71. The molecule has 0 saturated carbocycles. The van der Waals surface area contributed by atoms with Gasteiger partial charge in [-0.3, -0.25) is 4.98 Å². The molecule has 0 aliphatic heterocycles. The Kier molecular flexibility index (Phi) is 5.18. The highest BCUT2D eigenvalue weighted by Crippen LogP contribution is 2.25. The predicted octanol–water partition coefficient (Wildman–Crippen LogP) is 4.18. The first-order valence-corrected chi connectivity index (χ1v) is 8.03. The standard InChI is InChI=1S/C20H21N3O/c1-15-7-3-4-11-19(15)24-20-17(9-6-12-22-20)13-21-14-18-10-5-8-16(2)23-18/h3-12,21H,13-14H2,1-2H3. The van der Waals surface area contributed by atoms with Crippen molar-refractivity contribution in [3.8, 4) is 11.6 Å². The zero-order valence-electron chi connectivity index (χ0n) is 14.0. The molecule has 1 aromatic carbocycles. The first-order chi connectivity index (χ1) is 11.7. The van der Waals surface area contributed by atoms with E-state index in [1.807, 2.05) is 68.4 Å². The molecule has 4 heteroatoms. The molecule has 0 atom stereocenters. The van der Waals surface area contributed by atoms with Gasteiger partial charge in [0.2, 0.25) is 5.88 Å². The van der Waals surface area contributed by atoms with Gasteiger partial charge in [0.25, 0.3) is 0 Å². The molecular weight excluding hydrogens is 298 g/mol. The van der Waals surface area contributed by atoms with Crippen LogP contribution in [0.2, 0.25) is 0 Å². The lowest BCUT2D eigenvalue weighted by molar-refractivity contribution is 0.449. The second-order valence-corrected chi connectivity index (χ2v) is 5.71. The molecule has 2 heterocycles. The first-order valence-electron chi connectivity index (χ1n) is 8.03. The Labute approximate surface area is 142 Å². The summed E-state index contributed by atoms with van der Waals surface area (Å²) in [7, 11) is 0. The summed E-state index contributed by atoms with van der Waals surface area (Å²) in [6.07, 6.45) is 1.75. The van der Waals surface area contributed by atoms with Crippen molar-refractivity contribution < 1.29 is 4.74 Å². The third-order valence-corrected chi connectivity index (χ3v) is 3.72. The van der Waals surface area contributed by atoms with Gasteiger partial charge in [-0.1, -0.05) is 30.3 Å². The van der Waals surface area contributed by atoms with E-state index in [1.165, 1.54) is 0 Å². The van der Waals surface area contributed by atoms with Crippen molar-refractivity contribution in [1.29, 1.82) is 0 Å². The van der Waals surface area contributed by atoms with Crippen LogP contribution < -0.4 is 10.1 Å². The number of ether oxygens (including phenoxy) is 1. The van der Waals surface area contributed by atoms with Crippen molar-refractivity contribution in [2.75, 3.05) is 0 Å². The van der Waals surface area contributed by atoms with E-state index in [9.17, 15) is 0 Å². The second kappa shape index (κ2) is 7.70. The fourth-order valence-electron chi connectivity index (χ4n) is 2.45. The maximum Gasteiger partial charge on any atom is 0.223 e. The Morgan fingerprint density at radius 1 is 0.917 bits per heavy atom. The van der Waals surface area contributed by atoms with Crippen LogP contribution in [0.3, 0.4) is 0 Å². The number of aryl methyl sites for hydroxylation is 2. The number of aromatic nitrogens is 2. The largest absolute Gasteiger partial charge is 0.438 e. The lowest BCUT2D eigenvalue weighted by Gasteiger charge is -2.12. The molecule has 0 unspecified atom stereocenters. The summed E-state index contributed by atoms with van der Waals surface area (Å²) < 4.78 is 6.00. The highest BCUT2D eigenvalue weighted by molar-refractivity contribution is 5.37. The van der Waals surface area contributed by atoms with E-state index in [0.29, 0.717) is 19.0 Å². The van der Waals surface area contributed by atoms with Gasteiger partial charge in [-0.25, -0.2) is 4.98 Å². The molecule has 3 rings (SSSR count). The number of nitrogens with zero attached hydrogens (tertiary/aromatic N) is 2. The van der Waals surface area contributed by atoms with Gasteiger partial charge >= 0.3 is 0 Å². The summed E-state index contributed by atoms with van der Waals surface area (Å²) in [6, 6.07) is 17.9. The van der Waals surface area contributed by atoms with Crippen molar-refractivity contribution >= 4 is 0 Å². The van der Waals surface area contributed by atoms with E-state index in [1.54, 1.807) is 6.20 Å². The van der Waals surface area contributed by atoms with Crippen molar-refractivity contribution in [2.45, 2.75) is 26.9 Å². The van der Waals surface area contributed by atoms with E-state index in [2.05, 4.69) is 15.3 Å². The zero-order chi connectivity index (χ0) is 16.8. The summed E-state index contributed by atoms with van der Waals surface area (Å²) in [5, 5.41) is 3.40. The Balaban J connectivity index is 1.67. The number of benzene rings is 1. The molecule has 4 nitrogen and oxygen atoms in total. The summed E-state index contributed by atoms with van der Waals surface area (Å²) in [5.74, 6) is 1.47. The smallest absolute Gasteiger partial charge is 0.223 e. The molecule has 0 aliphatic carbocycles. The van der Waals surface area contributed by atoms with Crippen LogP contribution >= 0.6 is 0 Å². The summed E-state index contributed by atoms with van der Waals surface area (Å²) >= 11 is 0. The maximum atomic E-state index is 6.00. The fraction of sp³-hybridized carbons (Fsp3) is 0.200. The SMILES string of the molecule is Cc1cccc(CNCc2cccnc2Oc2ccccc2C)n1. The maximum absolute atomic E-state index is 6.00. The highest BCUT2D eigenvalue weighted by atomic mass is 16.5. The number of nitrogens with one attached hydrogen (secondary N) is 1. The van der Waals surface area contributed by atoms with E-state index in [4.69, 9.17) is 4.74 Å². The fourth-order valence-corrected chi connectivity index (χ4v) is 2.45. The van der Waals surface area contributed by atoms with Gasteiger partial charge in [-0.2, -0.15) is 0 Å². The Bertz CT molecular complexity index is 817. The van der Waals surface area contributed by atoms with Crippen LogP contribution in [0.5, 0.6) is 11.6 Å². The molecule has 0 aliphatic rings. The molecule has 0 saturated heterocycles. The van der Waals surface area contributed by atoms with Crippen molar-refractivity contribution in [3.05, 3.63) is 83.3 Å². The molecule has 0 fully saturated rings. The van der Waals surface area contributed by atoms with E-state index in [-0.39, 0.29) is 0 Å². The molecule has 24 heavy (non-hydrogen) atoms. The van der Waals surface area contributed by atoms with Gasteiger partial charge in [0.1, 0.15) is 5.75 Å². The molecule has 0 amide bonds. The van der Waals surface area contributed by atoms with Crippen LogP contribution in [0.15, 0.2) is 60.8 Å². The summed E-state index contributed by atoms with van der Waals surface area (Å²) in [6.45, 7) is 5.41. The van der Waals surface area contributed by atoms with Gasteiger partial charge in [-0.05, 0) is 43.7 Å². The van der Waals surface area contributed by atoms with Gasteiger partial charge in [0.15, 0.2) is 0 Å². The minimum atomic E-state index is 0.636. The average molecular weight is 319 g/mol. The van der Waals surface area contributed by atoms with E-state index >= 15 is 0 Å². The number of pyridine rings is 2. The normalized spacial score (nSPS) is 10.6. The van der Waals surface area contributed by atoms with E-state index < -0.39 is 0 Å². The van der Waals surface area contributed by atoms with Crippen LogP contribution in [0.4, 0.5) is 0 Å². The lowest BCUT2D eigenvalue weighted by Crippen LogP contribution is -2.14. The highest BCUT2D eigenvalue weighted by Gasteiger charge is 2.07. The Hall–Kier alpha value is -2.72. The summed E-state index contributed by atoms with van der Waals surface area (Å²) in [5.41, 5.74) is 4.17. The number of hydrogen-bond donors (Lipinski definition) is 1. The molecule has 0 bridgehead atoms. The molecule has 3 aromatic rings. The number of para-hydroxylation sites is 1. The van der Waals surface area contributed by atoms with Crippen LogP contribution in [0, 0.1) is 13.8 Å². The van der Waals surface area contributed by atoms with Crippen LogP contribution in [0.1, 0.15) is 22.5 Å². The first kappa shape index (κ1) is 16.1. The Morgan fingerprint density at radius 2 is 1.79 bits per heavy atom.